The van der Waals surface area contributed by atoms with E-state index in [9.17, 15) is 0 Å². The zero-order chi connectivity index (χ0) is 13.4. The number of fused-ring (bicyclic) bond motifs is 1. The number of nitrogens with zero attached hydrogens (tertiary/aromatic N) is 2. The molecule has 4 nitrogen and oxygen atoms in total. The van der Waals surface area contributed by atoms with Crippen LogP contribution in [-0.2, 0) is 0 Å². The first-order chi connectivity index (χ1) is 9.22. The van der Waals surface area contributed by atoms with E-state index in [1.807, 2.05) is 41.8 Å². The highest BCUT2D eigenvalue weighted by molar-refractivity contribution is 7.71. The third-order valence-corrected chi connectivity index (χ3v) is 3.40. The second kappa shape index (κ2) is 4.51. The number of aryl methyl sites for hydroxylation is 1. The molecular formula is C14H13N3OS. The highest BCUT2D eigenvalue weighted by atomic mass is 32.1. The molecule has 0 amide bonds. The average Bonchev–Trinajstić information content (AvgIpc) is 2.76. The number of imidazole rings is 1. The summed E-state index contributed by atoms with van der Waals surface area (Å²) in [5.74, 6) is 0.766. The monoisotopic (exact) mass is 271 g/mol. The van der Waals surface area contributed by atoms with Gasteiger partial charge in [0.2, 0.25) is 0 Å². The van der Waals surface area contributed by atoms with E-state index in [1.54, 1.807) is 13.3 Å². The molecule has 0 radical (unpaired) electrons. The molecule has 2 heterocycles. The SMILES string of the molecule is COc1ccccc1-n1c(=S)[nH]c2c(C)ccnc21. The van der Waals surface area contributed by atoms with Gasteiger partial charge in [0, 0.05) is 6.20 Å². The van der Waals surface area contributed by atoms with Crippen LogP contribution in [0.15, 0.2) is 36.5 Å². The van der Waals surface area contributed by atoms with Crippen molar-refractivity contribution in [1.29, 1.82) is 0 Å². The van der Waals surface area contributed by atoms with Crippen molar-refractivity contribution in [3.63, 3.8) is 0 Å². The van der Waals surface area contributed by atoms with E-state index >= 15 is 0 Å². The average molecular weight is 271 g/mol. The van der Waals surface area contributed by atoms with Crippen LogP contribution >= 0.6 is 12.2 Å². The van der Waals surface area contributed by atoms with Crippen molar-refractivity contribution in [2.45, 2.75) is 6.92 Å². The molecule has 2 aromatic heterocycles. The van der Waals surface area contributed by atoms with Crippen molar-refractivity contribution in [2.24, 2.45) is 0 Å². The molecule has 1 N–H and O–H groups in total. The molecule has 3 rings (SSSR count). The summed E-state index contributed by atoms with van der Waals surface area (Å²) >= 11 is 5.41. The Labute approximate surface area is 115 Å². The Hall–Kier alpha value is -2.14. The van der Waals surface area contributed by atoms with Gasteiger partial charge in [0.25, 0.3) is 0 Å². The van der Waals surface area contributed by atoms with Gasteiger partial charge in [0.05, 0.1) is 18.3 Å². The van der Waals surface area contributed by atoms with Crippen LogP contribution in [0, 0.1) is 11.7 Å². The number of rotatable bonds is 2. The number of aromatic nitrogens is 3. The Morgan fingerprint density at radius 2 is 2.05 bits per heavy atom. The molecule has 0 aliphatic heterocycles. The zero-order valence-corrected chi connectivity index (χ0v) is 11.5. The lowest BCUT2D eigenvalue weighted by atomic mass is 10.2. The van der Waals surface area contributed by atoms with Crippen LogP contribution in [0.5, 0.6) is 5.75 Å². The fraction of sp³-hybridized carbons (Fsp3) is 0.143. The van der Waals surface area contributed by atoms with Crippen molar-refractivity contribution in [3.8, 4) is 11.4 Å². The summed E-state index contributed by atoms with van der Waals surface area (Å²) in [5.41, 5.74) is 3.78. The van der Waals surface area contributed by atoms with E-state index in [1.165, 1.54) is 0 Å². The standard InChI is InChI=1S/C14H13N3OS/c1-9-7-8-15-13-12(9)16-14(19)17(13)10-5-3-4-6-11(10)18-2/h3-8H,1-2H3,(H,16,19). The van der Waals surface area contributed by atoms with Crippen molar-refractivity contribution >= 4 is 23.4 Å². The van der Waals surface area contributed by atoms with Gasteiger partial charge in [-0.3, -0.25) is 4.57 Å². The van der Waals surface area contributed by atoms with Crippen LogP contribution in [0.1, 0.15) is 5.56 Å². The molecule has 0 saturated heterocycles. The molecule has 3 aromatic rings. The third kappa shape index (κ3) is 1.82. The predicted molar refractivity (Wildman–Crippen MR) is 77.5 cm³/mol. The molecule has 96 valence electrons. The molecule has 0 atom stereocenters. The first-order valence-corrected chi connectivity index (χ1v) is 6.33. The first kappa shape index (κ1) is 11.9. The van der Waals surface area contributed by atoms with Crippen LogP contribution in [0.4, 0.5) is 0 Å². The fourth-order valence-corrected chi connectivity index (χ4v) is 2.45. The number of ether oxygens (including phenoxy) is 1. The molecule has 0 aliphatic carbocycles. The summed E-state index contributed by atoms with van der Waals surface area (Å²) < 4.78 is 7.91. The van der Waals surface area contributed by atoms with Crippen molar-refractivity contribution < 1.29 is 4.74 Å². The van der Waals surface area contributed by atoms with Crippen LogP contribution in [-0.4, -0.2) is 21.6 Å². The maximum Gasteiger partial charge on any atom is 0.184 e. The van der Waals surface area contributed by atoms with Gasteiger partial charge in [-0.2, -0.15) is 0 Å². The summed E-state index contributed by atoms with van der Waals surface area (Å²) in [5, 5.41) is 0. The normalized spacial score (nSPS) is 10.8. The number of hydrogen-bond acceptors (Lipinski definition) is 3. The summed E-state index contributed by atoms with van der Waals surface area (Å²) in [6.07, 6.45) is 1.78. The highest BCUT2D eigenvalue weighted by Crippen LogP contribution is 2.26. The lowest BCUT2D eigenvalue weighted by Gasteiger charge is -2.09. The Morgan fingerprint density at radius 3 is 2.84 bits per heavy atom. The number of methoxy groups -OCH3 is 1. The zero-order valence-electron chi connectivity index (χ0n) is 10.7. The van der Waals surface area contributed by atoms with Gasteiger partial charge in [0.15, 0.2) is 10.4 Å². The van der Waals surface area contributed by atoms with Crippen molar-refractivity contribution in [1.82, 2.24) is 14.5 Å². The molecular weight excluding hydrogens is 258 g/mol. The first-order valence-electron chi connectivity index (χ1n) is 5.92. The van der Waals surface area contributed by atoms with E-state index in [0.717, 1.165) is 28.2 Å². The smallest absolute Gasteiger partial charge is 0.184 e. The Bertz CT molecular complexity index is 804. The topological polar surface area (TPSA) is 42.8 Å². The maximum absolute atomic E-state index is 5.41. The number of pyridine rings is 1. The second-order valence-corrected chi connectivity index (χ2v) is 4.65. The summed E-state index contributed by atoms with van der Waals surface area (Å²) in [7, 11) is 1.65. The van der Waals surface area contributed by atoms with Crippen LogP contribution < -0.4 is 4.74 Å². The lowest BCUT2D eigenvalue weighted by molar-refractivity contribution is 0.413. The Morgan fingerprint density at radius 1 is 1.26 bits per heavy atom. The summed E-state index contributed by atoms with van der Waals surface area (Å²) in [6.45, 7) is 2.03. The Kier molecular flexibility index (Phi) is 2.83. The minimum absolute atomic E-state index is 0.612. The van der Waals surface area contributed by atoms with Gasteiger partial charge in [0.1, 0.15) is 5.75 Å². The predicted octanol–water partition coefficient (Wildman–Crippen LogP) is 3.40. The van der Waals surface area contributed by atoms with Gasteiger partial charge in [-0.15, -0.1) is 0 Å². The number of aromatic amines is 1. The number of benzene rings is 1. The number of H-pyrrole nitrogens is 1. The molecule has 5 heteroatoms. The van der Waals surface area contributed by atoms with Gasteiger partial charge in [-0.05, 0) is 42.9 Å². The molecule has 0 unspecified atom stereocenters. The van der Waals surface area contributed by atoms with Gasteiger partial charge in [-0.1, -0.05) is 12.1 Å². The molecule has 1 aromatic carbocycles. The molecule has 0 bridgehead atoms. The van der Waals surface area contributed by atoms with E-state index in [4.69, 9.17) is 17.0 Å². The summed E-state index contributed by atoms with van der Waals surface area (Å²) in [4.78, 5) is 7.63. The van der Waals surface area contributed by atoms with Gasteiger partial charge < -0.3 is 9.72 Å². The van der Waals surface area contributed by atoms with Gasteiger partial charge >= 0.3 is 0 Å². The fourth-order valence-electron chi connectivity index (χ4n) is 2.16. The number of nitrogens with one attached hydrogen (secondary N) is 1. The van der Waals surface area contributed by atoms with Crippen LogP contribution in [0.25, 0.3) is 16.9 Å². The number of hydrogen-bond donors (Lipinski definition) is 1. The van der Waals surface area contributed by atoms with E-state index in [2.05, 4.69) is 9.97 Å². The highest BCUT2D eigenvalue weighted by Gasteiger charge is 2.12. The quantitative estimate of drug-likeness (QED) is 0.726. The third-order valence-electron chi connectivity index (χ3n) is 3.11. The van der Waals surface area contributed by atoms with Crippen LogP contribution in [0.2, 0.25) is 0 Å². The molecule has 0 saturated carbocycles. The van der Waals surface area contributed by atoms with Crippen molar-refractivity contribution in [2.75, 3.05) is 7.11 Å². The minimum Gasteiger partial charge on any atom is -0.495 e. The molecule has 0 fully saturated rings. The van der Waals surface area contributed by atoms with E-state index < -0.39 is 0 Å². The van der Waals surface area contributed by atoms with Crippen LogP contribution in [0.3, 0.4) is 0 Å². The molecule has 19 heavy (non-hydrogen) atoms. The largest absolute Gasteiger partial charge is 0.495 e. The van der Waals surface area contributed by atoms with Crippen molar-refractivity contribution in [3.05, 3.63) is 46.9 Å². The van der Waals surface area contributed by atoms with Gasteiger partial charge in [-0.25, -0.2) is 4.98 Å². The molecule has 0 aliphatic rings. The number of para-hydroxylation sites is 2. The lowest BCUT2D eigenvalue weighted by Crippen LogP contribution is -1.98. The van der Waals surface area contributed by atoms with E-state index in [0.29, 0.717) is 4.77 Å². The molecule has 0 spiro atoms. The van der Waals surface area contributed by atoms with E-state index in [-0.39, 0.29) is 0 Å². The minimum atomic E-state index is 0.612. The second-order valence-electron chi connectivity index (χ2n) is 4.26. The maximum atomic E-state index is 5.41. The Balaban J connectivity index is 2.40. The summed E-state index contributed by atoms with van der Waals surface area (Å²) in [6, 6.07) is 9.71.